The average molecular weight is 288 g/mol. The molecule has 0 radical (unpaired) electrons. The van der Waals surface area contributed by atoms with Crippen LogP contribution in [0.4, 0.5) is 5.69 Å². The number of hydrogen-bond acceptors (Lipinski definition) is 5. The van der Waals surface area contributed by atoms with Crippen molar-refractivity contribution in [3.63, 3.8) is 0 Å². The molecule has 1 aromatic carbocycles. The van der Waals surface area contributed by atoms with Gasteiger partial charge in [0.05, 0.1) is 17.6 Å². The molecule has 0 fully saturated rings. The van der Waals surface area contributed by atoms with E-state index in [9.17, 15) is 13.5 Å². The van der Waals surface area contributed by atoms with E-state index in [1.54, 1.807) is 19.1 Å². The third-order valence-electron chi connectivity index (χ3n) is 2.71. The van der Waals surface area contributed by atoms with Crippen molar-refractivity contribution in [2.75, 3.05) is 33.0 Å². The maximum atomic E-state index is 12.3. The van der Waals surface area contributed by atoms with Crippen molar-refractivity contribution in [2.45, 2.75) is 17.9 Å². The summed E-state index contributed by atoms with van der Waals surface area (Å²) in [6.45, 7) is 1.74. The van der Waals surface area contributed by atoms with Gasteiger partial charge in [0.1, 0.15) is 0 Å². The Bertz CT molecular complexity index is 531. The van der Waals surface area contributed by atoms with Crippen LogP contribution < -0.4 is 5.73 Å². The van der Waals surface area contributed by atoms with Crippen LogP contribution in [0.5, 0.6) is 0 Å². The molecule has 0 aliphatic rings. The number of benzene rings is 1. The predicted octanol–water partition coefficient (Wildman–Crippen LogP) is 0.205. The van der Waals surface area contributed by atoms with Crippen molar-refractivity contribution in [2.24, 2.45) is 0 Å². The van der Waals surface area contributed by atoms with Crippen molar-refractivity contribution in [1.29, 1.82) is 0 Å². The molecule has 0 saturated carbocycles. The van der Waals surface area contributed by atoms with E-state index in [1.807, 2.05) is 0 Å². The van der Waals surface area contributed by atoms with Crippen LogP contribution in [0.1, 0.15) is 5.56 Å². The molecule has 3 N–H and O–H groups in total. The molecule has 0 heterocycles. The van der Waals surface area contributed by atoms with E-state index in [0.717, 1.165) is 4.31 Å². The Labute approximate surface area is 113 Å². The second-order valence-electron chi connectivity index (χ2n) is 4.42. The van der Waals surface area contributed by atoms with E-state index in [0.29, 0.717) is 11.3 Å². The average Bonchev–Trinajstić information content (AvgIpc) is 2.28. The third-order valence-corrected chi connectivity index (χ3v) is 4.70. The number of nitrogens with zero attached hydrogens (tertiary/aromatic N) is 1. The largest absolute Gasteiger partial charge is 0.399 e. The van der Waals surface area contributed by atoms with Gasteiger partial charge in [0.25, 0.3) is 0 Å². The summed E-state index contributed by atoms with van der Waals surface area (Å²) < 4.78 is 30.6. The van der Waals surface area contributed by atoms with Crippen LogP contribution in [-0.2, 0) is 14.8 Å². The molecule has 1 rings (SSSR count). The van der Waals surface area contributed by atoms with Crippen molar-refractivity contribution in [3.8, 4) is 0 Å². The van der Waals surface area contributed by atoms with E-state index in [1.165, 1.54) is 20.2 Å². The number of aryl methyl sites for hydroxylation is 1. The SMILES string of the molecule is COCC(O)CN(C)S(=O)(=O)c1ccc(N)cc1C. The highest BCUT2D eigenvalue weighted by atomic mass is 32.2. The molecule has 0 aromatic heterocycles. The van der Waals surface area contributed by atoms with Crippen molar-refractivity contribution in [1.82, 2.24) is 4.31 Å². The third kappa shape index (κ3) is 3.90. The lowest BCUT2D eigenvalue weighted by Gasteiger charge is -2.21. The van der Waals surface area contributed by atoms with Gasteiger partial charge >= 0.3 is 0 Å². The van der Waals surface area contributed by atoms with E-state index < -0.39 is 16.1 Å². The standard InChI is InChI=1S/C12H20N2O4S/c1-9-6-10(13)4-5-12(9)19(16,17)14(2)7-11(15)8-18-3/h4-6,11,15H,7-8,13H2,1-3H3. The van der Waals surface area contributed by atoms with Gasteiger partial charge in [-0.05, 0) is 30.7 Å². The highest BCUT2D eigenvalue weighted by molar-refractivity contribution is 7.89. The maximum Gasteiger partial charge on any atom is 0.243 e. The molecule has 0 amide bonds. The first-order chi connectivity index (χ1) is 8.78. The minimum Gasteiger partial charge on any atom is -0.399 e. The number of nitrogens with two attached hydrogens (primary N) is 1. The van der Waals surface area contributed by atoms with Crippen molar-refractivity contribution < 1.29 is 18.3 Å². The van der Waals surface area contributed by atoms with Gasteiger partial charge in [-0.2, -0.15) is 4.31 Å². The fourth-order valence-corrected chi connectivity index (χ4v) is 3.18. The second kappa shape index (κ2) is 6.33. The molecule has 0 aliphatic carbocycles. The van der Waals surface area contributed by atoms with Gasteiger partial charge in [-0.3, -0.25) is 0 Å². The predicted molar refractivity (Wildman–Crippen MR) is 73.3 cm³/mol. The fourth-order valence-electron chi connectivity index (χ4n) is 1.77. The Hall–Kier alpha value is -1.15. The minimum atomic E-state index is -3.64. The Morgan fingerprint density at radius 1 is 1.47 bits per heavy atom. The number of anilines is 1. The van der Waals surface area contributed by atoms with Gasteiger partial charge in [0.15, 0.2) is 0 Å². The fraction of sp³-hybridized carbons (Fsp3) is 0.500. The normalized spacial score (nSPS) is 13.7. The number of methoxy groups -OCH3 is 1. The zero-order chi connectivity index (χ0) is 14.6. The van der Waals surface area contributed by atoms with Crippen LogP contribution in [0.15, 0.2) is 23.1 Å². The van der Waals surface area contributed by atoms with E-state index in [-0.39, 0.29) is 18.0 Å². The number of hydrogen-bond donors (Lipinski definition) is 2. The summed E-state index contributed by atoms with van der Waals surface area (Å²) in [5.74, 6) is 0. The molecular formula is C12H20N2O4S. The summed E-state index contributed by atoms with van der Waals surface area (Å²) in [7, 11) is -0.771. The van der Waals surface area contributed by atoms with Crippen LogP contribution in [0.25, 0.3) is 0 Å². The number of sulfonamides is 1. The van der Waals surface area contributed by atoms with Gasteiger partial charge in [-0.1, -0.05) is 0 Å². The lowest BCUT2D eigenvalue weighted by atomic mass is 10.2. The lowest BCUT2D eigenvalue weighted by Crippen LogP contribution is -2.36. The maximum absolute atomic E-state index is 12.3. The van der Waals surface area contributed by atoms with Crippen LogP contribution in [0, 0.1) is 6.92 Å². The van der Waals surface area contributed by atoms with Crippen molar-refractivity contribution >= 4 is 15.7 Å². The smallest absolute Gasteiger partial charge is 0.243 e. The summed E-state index contributed by atoms with van der Waals surface area (Å²) in [6.07, 6.45) is -0.862. The monoisotopic (exact) mass is 288 g/mol. The number of rotatable bonds is 6. The quantitative estimate of drug-likeness (QED) is 0.730. The van der Waals surface area contributed by atoms with E-state index in [4.69, 9.17) is 10.5 Å². The first-order valence-electron chi connectivity index (χ1n) is 5.78. The number of ether oxygens (including phenoxy) is 1. The Morgan fingerprint density at radius 2 is 2.11 bits per heavy atom. The molecule has 19 heavy (non-hydrogen) atoms. The minimum absolute atomic E-state index is 0.0278. The summed E-state index contributed by atoms with van der Waals surface area (Å²) >= 11 is 0. The Kier molecular flexibility index (Phi) is 5.30. The van der Waals surface area contributed by atoms with Crippen LogP contribution in [-0.4, -0.2) is 51.2 Å². The second-order valence-corrected chi connectivity index (χ2v) is 6.43. The van der Waals surface area contributed by atoms with Gasteiger partial charge < -0.3 is 15.6 Å². The first-order valence-corrected chi connectivity index (χ1v) is 7.22. The number of aliphatic hydroxyl groups is 1. The lowest BCUT2D eigenvalue weighted by molar-refractivity contribution is 0.0554. The molecule has 7 heteroatoms. The molecule has 0 saturated heterocycles. The first kappa shape index (κ1) is 15.9. The van der Waals surface area contributed by atoms with Crippen molar-refractivity contribution in [3.05, 3.63) is 23.8 Å². The molecule has 1 atom stereocenters. The highest BCUT2D eigenvalue weighted by Gasteiger charge is 2.24. The molecule has 0 spiro atoms. The zero-order valence-corrected chi connectivity index (χ0v) is 12.1. The molecular weight excluding hydrogens is 268 g/mol. The number of likely N-dealkylation sites (N-methyl/N-ethyl adjacent to an activating group) is 1. The molecule has 1 unspecified atom stereocenters. The van der Waals surface area contributed by atoms with E-state index in [2.05, 4.69) is 0 Å². The van der Waals surface area contributed by atoms with Gasteiger partial charge in [-0.25, -0.2) is 8.42 Å². The van der Waals surface area contributed by atoms with Crippen LogP contribution in [0.3, 0.4) is 0 Å². The van der Waals surface area contributed by atoms with Crippen LogP contribution >= 0.6 is 0 Å². The molecule has 0 bridgehead atoms. The Morgan fingerprint density at radius 3 is 2.63 bits per heavy atom. The number of aliphatic hydroxyl groups excluding tert-OH is 1. The number of nitrogen functional groups attached to an aromatic ring is 1. The molecule has 0 aliphatic heterocycles. The molecule has 108 valence electrons. The topological polar surface area (TPSA) is 92.9 Å². The summed E-state index contributed by atoms with van der Waals surface area (Å²) in [5.41, 5.74) is 6.69. The van der Waals surface area contributed by atoms with Gasteiger partial charge in [-0.15, -0.1) is 0 Å². The summed E-state index contributed by atoms with van der Waals surface area (Å²) in [6, 6.07) is 4.62. The van der Waals surface area contributed by atoms with Crippen LogP contribution in [0.2, 0.25) is 0 Å². The summed E-state index contributed by atoms with van der Waals surface area (Å²) in [4.78, 5) is 0.189. The highest BCUT2D eigenvalue weighted by Crippen LogP contribution is 2.21. The summed E-state index contributed by atoms with van der Waals surface area (Å²) in [5, 5.41) is 9.59. The Balaban J connectivity index is 2.97. The molecule has 6 nitrogen and oxygen atoms in total. The molecule has 1 aromatic rings. The van der Waals surface area contributed by atoms with Gasteiger partial charge in [0, 0.05) is 26.4 Å². The van der Waals surface area contributed by atoms with Gasteiger partial charge in [0.2, 0.25) is 10.0 Å². The van der Waals surface area contributed by atoms with E-state index >= 15 is 0 Å². The zero-order valence-electron chi connectivity index (χ0n) is 11.3.